The normalized spacial score (nSPS) is 10.3. The number of hydrogen-bond donors (Lipinski definition) is 1. The van der Waals surface area contributed by atoms with Crippen molar-refractivity contribution >= 4 is 29.0 Å². The molecule has 1 N–H and O–H groups in total. The van der Waals surface area contributed by atoms with Crippen LogP contribution >= 0.6 is 0 Å². The number of aromatic nitrogens is 3. The van der Waals surface area contributed by atoms with Crippen molar-refractivity contribution < 1.29 is 9.53 Å². The Morgan fingerprint density at radius 3 is 2.23 bits per heavy atom. The lowest BCUT2D eigenvalue weighted by Crippen LogP contribution is -2.15. The van der Waals surface area contributed by atoms with Gasteiger partial charge in [0.2, 0.25) is 5.95 Å². The van der Waals surface area contributed by atoms with Crippen molar-refractivity contribution in [3.05, 3.63) is 97.0 Å². The summed E-state index contributed by atoms with van der Waals surface area (Å²) in [6.45, 7) is 0. The zero-order valence-corrected chi connectivity index (χ0v) is 16.3. The van der Waals surface area contributed by atoms with Crippen LogP contribution in [-0.4, -0.2) is 28.0 Å². The number of pyridine rings is 1. The zero-order valence-electron chi connectivity index (χ0n) is 16.3. The number of benzene rings is 2. The summed E-state index contributed by atoms with van der Waals surface area (Å²) in [5.41, 5.74) is 1.94. The number of methoxy groups -OCH3 is 1. The molecule has 0 saturated carbocycles. The minimum atomic E-state index is -0.242. The summed E-state index contributed by atoms with van der Waals surface area (Å²) in [7, 11) is 1.54. The molecule has 7 heteroatoms. The minimum Gasteiger partial charge on any atom is -0.496 e. The number of amides is 1. The first-order chi connectivity index (χ1) is 14.8. The third-order valence-corrected chi connectivity index (χ3v) is 4.37. The summed E-state index contributed by atoms with van der Waals surface area (Å²) >= 11 is 0. The summed E-state index contributed by atoms with van der Waals surface area (Å²) in [6, 6.07) is 21.9. The molecule has 2 aromatic heterocycles. The second-order valence-corrected chi connectivity index (χ2v) is 6.27. The van der Waals surface area contributed by atoms with Gasteiger partial charge in [-0.3, -0.25) is 9.69 Å². The van der Waals surface area contributed by atoms with Gasteiger partial charge in [-0.1, -0.05) is 18.2 Å². The van der Waals surface area contributed by atoms with E-state index in [1.165, 1.54) is 0 Å². The van der Waals surface area contributed by atoms with Gasteiger partial charge < -0.3 is 10.1 Å². The largest absolute Gasteiger partial charge is 0.496 e. The van der Waals surface area contributed by atoms with Gasteiger partial charge in [0.25, 0.3) is 5.91 Å². The van der Waals surface area contributed by atoms with Gasteiger partial charge in [0.1, 0.15) is 11.6 Å². The fraction of sp³-hybridized carbons (Fsp3) is 0.0435. The number of hydrogen-bond acceptors (Lipinski definition) is 6. The Labute approximate surface area is 174 Å². The number of anilines is 4. The molecular formula is C23H19N5O2. The predicted molar refractivity (Wildman–Crippen MR) is 115 cm³/mol. The number of carbonyl (C=O) groups excluding carboxylic acids is 1. The Morgan fingerprint density at radius 2 is 1.53 bits per heavy atom. The number of ether oxygens (including phenoxy) is 1. The smallest absolute Gasteiger partial charge is 0.259 e. The Kier molecular flexibility index (Phi) is 5.61. The fourth-order valence-corrected chi connectivity index (χ4v) is 2.97. The molecule has 148 valence electrons. The summed E-state index contributed by atoms with van der Waals surface area (Å²) in [4.78, 5) is 27.6. The molecule has 7 nitrogen and oxygen atoms in total. The minimum absolute atomic E-state index is 0.242. The molecule has 0 saturated heterocycles. The monoisotopic (exact) mass is 397 g/mol. The van der Waals surface area contributed by atoms with Crippen LogP contribution in [0.25, 0.3) is 0 Å². The van der Waals surface area contributed by atoms with Gasteiger partial charge in [-0.25, -0.2) is 15.0 Å². The molecule has 4 rings (SSSR count). The van der Waals surface area contributed by atoms with Crippen LogP contribution in [0.1, 0.15) is 10.4 Å². The first-order valence-corrected chi connectivity index (χ1v) is 9.29. The maximum Gasteiger partial charge on any atom is 0.259 e. The van der Waals surface area contributed by atoms with Crippen LogP contribution in [0, 0.1) is 0 Å². The van der Waals surface area contributed by atoms with Crippen molar-refractivity contribution in [3.8, 4) is 5.75 Å². The highest BCUT2D eigenvalue weighted by Crippen LogP contribution is 2.31. The topological polar surface area (TPSA) is 80.2 Å². The third-order valence-electron chi connectivity index (χ3n) is 4.37. The fourth-order valence-electron chi connectivity index (χ4n) is 2.97. The number of para-hydroxylation sites is 1. The molecule has 0 fully saturated rings. The lowest BCUT2D eigenvalue weighted by Gasteiger charge is -2.21. The van der Waals surface area contributed by atoms with Gasteiger partial charge in [0.15, 0.2) is 0 Å². The summed E-state index contributed by atoms with van der Waals surface area (Å²) in [5.74, 6) is 1.47. The number of nitrogens with one attached hydrogen (secondary N) is 1. The zero-order chi connectivity index (χ0) is 20.8. The van der Waals surface area contributed by atoms with Crippen LogP contribution in [0.5, 0.6) is 5.75 Å². The van der Waals surface area contributed by atoms with Crippen LogP contribution in [0.4, 0.5) is 23.1 Å². The Morgan fingerprint density at radius 1 is 0.833 bits per heavy atom. The van der Waals surface area contributed by atoms with E-state index in [0.29, 0.717) is 28.8 Å². The van der Waals surface area contributed by atoms with E-state index >= 15 is 0 Å². The lowest BCUT2D eigenvalue weighted by atomic mass is 10.1. The van der Waals surface area contributed by atoms with Crippen molar-refractivity contribution in [1.29, 1.82) is 0 Å². The molecule has 0 aliphatic rings. The molecule has 0 aliphatic carbocycles. The molecule has 4 aromatic rings. The van der Waals surface area contributed by atoms with Crippen LogP contribution in [0.2, 0.25) is 0 Å². The van der Waals surface area contributed by atoms with Crippen molar-refractivity contribution in [2.24, 2.45) is 0 Å². The molecule has 0 bridgehead atoms. The predicted octanol–water partition coefficient (Wildman–Crippen LogP) is 4.60. The molecule has 1 amide bonds. The summed E-state index contributed by atoms with van der Waals surface area (Å²) in [6.07, 6.45) is 5.08. The number of rotatable bonds is 6. The highest BCUT2D eigenvalue weighted by Gasteiger charge is 2.16. The molecule has 0 radical (unpaired) electrons. The van der Waals surface area contributed by atoms with Crippen molar-refractivity contribution in [2.45, 2.75) is 0 Å². The maximum absolute atomic E-state index is 12.6. The van der Waals surface area contributed by atoms with Crippen molar-refractivity contribution in [1.82, 2.24) is 15.0 Å². The molecule has 2 aromatic carbocycles. The lowest BCUT2D eigenvalue weighted by molar-refractivity contribution is 0.102. The Bertz CT molecular complexity index is 1080. The molecule has 30 heavy (non-hydrogen) atoms. The first-order valence-electron chi connectivity index (χ1n) is 9.29. The first kappa shape index (κ1) is 19.1. The molecule has 0 unspecified atom stereocenters. The second-order valence-electron chi connectivity index (χ2n) is 6.27. The van der Waals surface area contributed by atoms with Gasteiger partial charge in [-0.2, -0.15) is 0 Å². The van der Waals surface area contributed by atoms with Gasteiger partial charge in [-0.05, 0) is 54.6 Å². The molecule has 0 atom stereocenters. The van der Waals surface area contributed by atoms with Crippen molar-refractivity contribution in [2.75, 3.05) is 17.3 Å². The van der Waals surface area contributed by atoms with Gasteiger partial charge in [0.05, 0.1) is 18.4 Å². The van der Waals surface area contributed by atoms with E-state index in [1.807, 2.05) is 53.4 Å². The van der Waals surface area contributed by atoms with E-state index in [4.69, 9.17) is 4.74 Å². The summed E-state index contributed by atoms with van der Waals surface area (Å²) < 4.78 is 5.26. The van der Waals surface area contributed by atoms with Gasteiger partial charge in [0, 0.05) is 24.3 Å². The molecular weight excluding hydrogens is 378 g/mol. The highest BCUT2D eigenvalue weighted by atomic mass is 16.5. The van der Waals surface area contributed by atoms with E-state index in [2.05, 4.69) is 20.3 Å². The Balaban J connectivity index is 1.60. The summed E-state index contributed by atoms with van der Waals surface area (Å²) in [5, 5.41) is 2.89. The average Bonchev–Trinajstić information content (AvgIpc) is 2.82. The quantitative estimate of drug-likeness (QED) is 0.512. The van der Waals surface area contributed by atoms with Gasteiger partial charge >= 0.3 is 0 Å². The average molecular weight is 397 g/mol. The van der Waals surface area contributed by atoms with Crippen LogP contribution in [0.3, 0.4) is 0 Å². The van der Waals surface area contributed by atoms with Crippen LogP contribution in [0.15, 0.2) is 91.4 Å². The SMILES string of the molecule is COc1ccccc1C(=O)Nc1ccc(N(c2ccccn2)c2ncccn2)cc1. The van der Waals surface area contributed by atoms with Crippen molar-refractivity contribution in [3.63, 3.8) is 0 Å². The van der Waals surface area contributed by atoms with E-state index in [-0.39, 0.29) is 5.91 Å². The van der Waals surface area contributed by atoms with E-state index < -0.39 is 0 Å². The van der Waals surface area contributed by atoms with E-state index in [1.54, 1.807) is 50.0 Å². The maximum atomic E-state index is 12.6. The molecule has 0 spiro atoms. The van der Waals surface area contributed by atoms with Crippen LogP contribution < -0.4 is 15.0 Å². The number of nitrogens with zero attached hydrogens (tertiary/aromatic N) is 4. The van der Waals surface area contributed by atoms with E-state index in [0.717, 1.165) is 5.69 Å². The van der Waals surface area contributed by atoms with Gasteiger partial charge in [-0.15, -0.1) is 0 Å². The second kappa shape index (κ2) is 8.83. The molecule has 2 heterocycles. The third kappa shape index (κ3) is 4.10. The van der Waals surface area contributed by atoms with Crippen LogP contribution in [-0.2, 0) is 0 Å². The highest BCUT2D eigenvalue weighted by molar-refractivity contribution is 6.06. The Hall–Kier alpha value is -4.26. The standard InChI is InChI=1S/C23H19N5O2/c1-30-20-8-3-2-7-19(20)22(29)27-17-10-12-18(13-11-17)28(21-9-4-5-14-24-21)23-25-15-6-16-26-23/h2-16H,1H3,(H,27,29). The number of carbonyl (C=O) groups is 1. The molecule has 0 aliphatic heterocycles. The van der Waals surface area contributed by atoms with E-state index in [9.17, 15) is 4.79 Å².